The van der Waals surface area contributed by atoms with E-state index >= 15 is 0 Å². The van der Waals surface area contributed by atoms with Gasteiger partial charge in [-0.3, -0.25) is 0 Å². The number of sulfonamides is 1. The molecule has 0 amide bonds. The first-order valence-electron chi connectivity index (χ1n) is 7.13. The first-order chi connectivity index (χ1) is 9.29. The van der Waals surface area contributed by atoms with Gasteiger partial charge in [0.05, 0.1) is 4.90 Å². The van der Waals surface area contributed by atoms with Gasteiger partial charge >= 0.3 is 0 Å². The van der Waals surface area contributed by atoms with Crippen LogP contribution in [0, 0.1) is 0 Å². The summed E-state index contributed by atoms with van der Waals surface area (Å²) in [7, 11) is -3.40. The first kappa shape index (κ1) is 15.5. The van der Waals surface area contributed by atoms with Crippen LogP contribution in [0.15, 0.2) is 29.2 Å². The summed E-state index contributed by atoms with van der Waals surface area (Å²) >= 11 is 0. The lowest BCUT2D eigenvalue weighted by Crippen LogP contribution is -2.42. The van der Waals surface area contributed by atoms with E-state index in [2.05, 4.69) is 30.8 Å². The minimum Gasteiger partial charge on any atom is -0.317 e. The first-order valence-corrected chi connectivity index (χ1v) is 8.61. The third kappa shape index (κ3) is 3.81. The zero-order valence-corrected chi connectivity index (χ0v) is 13.3. The van der Waals surface area contributed by atoms with Crippen LogP contribution in [0.25, 0.3) is 0 Å². The SMILES string of the molecule is CC(C)(C)c1ccc(S(=O)(=O)NC2CCNCC2)cc1. The molecule has 0 saturated carbocycles. The number of benzene rings is 1. The molecule has 5 heteroatoms. The zero-order chi connectivity index (χ0) is 14.8. The van der Waals surface area contributed by atoms with Gasteiger partial charge in [0, 0.05) is 6.04 Å². The fourth-order valence-electron chi connectivity index (χ4n) is 2.36. The van der Waals surface area contributed by atoms with Gasteiger partial charge in [0.1, 0.15) is 0 Å². The largest absolute Gasteiger partial charge is 0.317 e. The molecule has 1 heterocycles. The number of piperidine rings is 1. The molecule has 2 rings (SSSR count). The number of hydrogen-bond acceptors (Lipinski definition) is 3. The van der Waals surface area contributed by atoms with Gasteiger partial charge in [-0.1, -0.05) is 32.9 Å². The Morgan fingerprint density at radius 2 is 1.65 bits per heavy atom. The summed E-state index contributed by atoms with van der Waals surface area (Å²) in [5, 5.41) is 3.23. The summed E-state index contributed by atoms with van der Waals surface area (Å²) in [4.78, 5) is 0.351. The van der Waals surface area contributed by atoms with E-state index in [1.54, 1.807) is 12.1 Å². The Morgan fingerprint density at radius 3 is 2.15 bits per heavy atom. The van der Waals surface area contributed by atoms with Crippen LogP contribution < -0.4 is 10.0 Å². The molecule has 0 bridgehead atoms. The molecule has 112 valence electrons. The van der Waals surface area contributed by atoms with E-state index in [0.717, 1.165) is 31.5 Å². The van der Waals surface area contributed by atoms with Crippen LogP contribution in [0.2, 0.25) is 0 Å². The van der Waals surface area contributed by atoms with Crippen LogP contribution >= 0.6 is 0 Å². The minimum absolute atomic E-state index is 0.0325. The molecule has 1 aliphatic heterocycles. The summed E-state index contributed by atoms with van der Waals surface area (Å²) in [6.07, 6.45) is 1.69. The van der Waals surface area contributed by atoms with Crippen LogP contribution in [-0.4, -0.2) is 27.5 Å². The molecule has 1 fully saturated rings. The monoisotopic (exact) mass is 296 g/mol. The fraction of sp³-hybridized carbons (Fsp3) is 0.600. The smallest absolute Gasteiger partial charge is 0.240 e. The molecular formula is C15H24N2O2S. The van der Waals surface area contributed by atoms with Crippen molar-refractivity contribution in [3.63, 3.8) is 0 Å². The average molecular weight is 296 g/mol. The van der Waals surface area contributed by atoms with Crippen molar-refractivity contribution >= 4 is 10.0 Å². The maximum Gasteiger partial charge on any atom is 0.240 e. The van der Waals surface area contributed by atoms with E-state index in [1.165, 1.54) is 0 Å². The van der Waals surface area contributed by atoms with Crippen molar-refractivity contribution in [1.82, 2.24) is 10.0 Å². The molecule has 4 nitrogen and oxygen atoms in total. The fourth-order valence-corrected chi connectivity index (χ4v) is 3.67. The van der Waals surface area contributed by atoms with E-state index in [0.29, 0.717) is 4.90 Å². The highest BCUT2D eigenvalue weighted by Gasteiger charge is 2.22. The predicted molar refractivity (Wildman–Crippen MR) is 81.4 cm³/mol. The third-order valence-corrected chi connectivity index (χ3v) is 5.23. The van der Waals surface area contributed by atoms with E-state index in [9.17, 15) is 8.42 Å². The molecule has 1 aliphatic rings. The van der Waals surface area contributed by atoms with Crippen molar-refractivity contribution in [3.05, 3.63) is 29.8 Å². The predicted octanol–water partition coefficient (Wildman–Crippen LogP) is 2.01. The standard InChI is InChI=1S/C15H24N2O2S/c1-15(2,3)12-4-6-14(7-5-12)20(18,19)17-13-8-10-16-11-9-13/h4-7,13,16-17H,8-11H2,1-3H3. The molecule has 1 saturated heterocycles. The summed E-state index contributed by atoms with van der Waals surface area (Å²) < 4.78 is 27.5. The van der Waals surface area contributed by atoms with Crippen molar-refractivity contribution in [1.29, 1.82) is 0 Å². The lowest BCUT2D eigenvalue weighted by atomic mass is 9.87. The highest BCUT2D eigenvalue weighted by atomic mass is 32.2. The summed E-state index contributed by atoms with van der Waals surface area (Å²) in [5.41, 5.74) is 1.17. The molecular weight excluding hydrogens is 272 g/mol. The van der Waals surface area contributed by atoms with Crippen molar-refractivity contribution in [2.24, 2.45) is 0 Å². The van der Waals surface area contributed by atoms with Crippen LogP contribution in [0.3, 0.4) is 0 Å². The van der Waals surface area contributed by atoms with Gasteiger partial charge in [-0.15, -0.1) is 0 Å². The Kier molecular flexibility index (Phi) is 4.52. The number of nitrogens with one attached hydrogen (secondary N) is 2. The maximum atomic E-state index is 12.3. The number of rotatable bonds is 3. The van der Waals surface area contributed by atoms with Gasteiger partial charge in [0.2, 0.25) is 10.0 Å². The summed E-state index contributed by atoms with van der Waals surface area (Å²) in [5.74, 6) is 0. The van der Waals surface area contributed by atoms with Gasteiger partial charge in [-0.25, -0.2) is 13.1 Å². The highest BCUT2D eigenvalue weighted by Crippen LogP contribution is 2.23. The number of hydrogen-bond donors (Lipinski definition) is 2. The van der Waals surface area contributed by atoms with Crippen molar-refractivity contribution < 1.29 is 8.42 Å². The van der Waals surface area contributed by atoms with Crippen LogP contribution in [0.1, 0.15) is 39.2 Å². The van der Waals surface area contributed by atoms with Crippen molar-refractivity contribution in [2.75, 3.05) is 13.1 Å². The molecule has 1 aromatic carbocycles. The second-order valence-corrected chi connectivity index (χ2v) is 8.13. The van der Waals surface area contributed by atoms with E-state index < -0.39 is 10.0 Å². The Hall–Kier alpha value is -0.910. The van der Waals surface area contributed by atoms with E-state index in [1.807, 2.05) is 12.1 Å². The summed E-state index contributed by atoms with van der Waals surface area (Å²) in [6.45, 7) is 8.09. The molecule has 0 atom stereocenters. The van der Waals surface area contributed by atoms with Gasteiger partial charge in [0.15, 0.2) is 0 Å². The zero-order valence-electron chi connectivity index (χ0n) is 12.4. The molecule has 0 unspecified atom stereocenters. The van der Waals surface area contributed by atoms with Crippen LogP contribution in [0.5, 0.6) is 0 Å². The van der Waals surface area contributed by atoms with E-state index in [4.69, 9.17) is 0 Å². The summed E-state index contributed by atoms with van der Waals surface area (Å²) in [6, 6.07) is 7.24. The lowest BCUT2D eigenvalue weighted by Gasteiger charge is -2.24. The Labute approximate surface area is 122 Å². The van der Waals surface area contributed by atoms with Crippen molar-refractivity contribution in [3.8, 4) is 0 Å². The average Bonchev–Trinajstić information content (AvgIpc) is 2.38. The topological polar surface area (TPSA) is 58.2 Å². The molecule has 0 radical (unpaired) electrons. The van der Waals surface area contributed by atoms with Gasteiger partial charge in [0.25, 0.3) is 0 Å². The molecule has 0 spiro atoms. The van der Waals surface area contributed by atoms with Crippen LogP contribution in [0.4, 0.5) is 0 Å². The minimum atomic E-state index is -3.40. The highest BCUT2D eigenvalue weighted by molar-refractivity contribution is 7.89. The molecule has 1 aromatic rings. The third-order valence-electron chi connectivity index (χ3n) is 3.69. The van der Waals surface area contributed by atoms with Crippen LogP contribution in [-0.2, 0) is 15.4 Å². The van der Waals surface area contributed by atoms with Gasteiger partial charge in [-0.2, -0.15) is 0 Å². The second-order valence-electron chi connectivity index (χ2n) is 6.42. The molecule has 2 N–H and O–H groups in total. The lowest BCUT2D eigenvalue weighted by molar-refractivity contribution is 0.427. The molecule has 20 heavy (non-hydrogen) atoms. The Morgan fingerprint density at radius 1 is 1.10 bits per heavy atom. The molecule has 0 aromatic heterocycles. The van der Waals surface area contributed by atoms with Gasteiger partial charge in [-0.05, 0) is 49.0 Å². The Balaban J connectivity index is 2.13. The Bertz CT molecular complexity index is 538. The quantitative estimate of drug-likeness (QED) is 0.897. The molecule has 0 aliphatic carbocycles. The maximum absolute atomic E-state index is 12.3. The van der Waals surface area contributed by atoms with Gasteiger partial charge < -0.3 is 5.32 Å². The normalized spacial score (nSPS) is 18.1. The van der Waals surface area contributed by atoms with E-state index in [-0.39, 0.29) is 11.5 Å². The second kappa shape index (κ2) is 5.84. The van der Waals surface area contributed by atoms with Crippen molar-refractivity contribution in [2.45, 2.75) is 50.0 Å².